The fourth-order valence-electron chi connectivity index (χ4n) is 4.94. The van der Waals surface area contributed by atoms with Gasteiger partial charge in [-0.15, -0.1) is 5.10 Å². The molecule has 14 heteroatoms. The number of anilines is 2. The van der Waals surface area contributed by atoms with E-state index in [1.807, 2.05) is 17.9 Å². The summed E-state index contributed by atoms with van der Waals surface area (Å²) >= 11 is 6.07. The minimum Gasteiger partial charge on any atom is -0.377 e. The Labute approximate surface area is 232 Å². The molecule has 0 aliphatic carbocycles. The van der Waals surface area contributed by atoms with Gasteiger partial charge in [0.25, 0.3) is 5.56 Å². The van der Waals surface area contributed by atoms with E-state index in [2.05, 4.69) is 20.7 Å². The van der Waals surface area contributed by atoms with Crippen molar-refractivity contribution in [2.45, 2.75) is 38.9 Å². The van der Waals surface area contributed by atoms with E-state index in [1.54, 1.807) is 4.57 Å². The van der Waals surface area contributed by atoms with E-state index in [1.165, 1.54) is 4.52 Å². The smallest absolute Gasteiger partial charge is 0.377 e. The number of benzene rings is 1. The van der Waals surface area contributed by atoms with E-state index >= 15 is 0 Å². The summed E-state index contributed by atoms with van der Waals surface area (Å²) in [6.45, 7) is 5.13. The maximum Gasteiger partial charge on any atom is 0.416 e. The number of piperazine rings is 1. The molecular weight excluding hydrogens is 551 g/mol. The molecule has 1 saturated heterocycles. The molecule has 2 N–H and O–H groups in total. The van der Waals surface area contributed by atoms with Gasteiger partial charge in [0, 0.05) is 38.4 Å². The summed E-state index contributed by atoms with van der Waals surface area (Å²) in [4.78, 5) is 33.7. The summed E-state index contributed by atoms with van der Waals surface area (Å²) in [6.07, 6.45) is -0.490. The van der Waals surface area contributed by atoms with Gasteiger partial charge in [-0.25, -0.2) is 0 Å². The van der Waals surface area contributed by atoms with Gasteiger partial charge in [-0.1, -0.05) is 24.6 Å². The number of allylic oxidation sites excluding steroid dienone is 1. The zero-order valence-corrected chi connectivity index (χ0v) is 22.6. The minimum absolute atomic E-state index is 0.0417. The first-order valence-electron chi connectivity index (χ1n) is 13.1. The second-order valence-corrected chi connectivity index (χ2v) is 10.00. The van der Waals surface area contributed by atoms with Crippen LogP contribution in [0.3, 0.4) is 0 Å². The van der Waals surface area contributed by atoms with Crippen molar-refractivity contribution in [2.24, 2.45) is 0 Å². The van der Waals surface area contributed by atoms with E-state index in [4.69, 9.17) is 16.3 Å². The van der Waals surface area contributed by atoms with Gasteiger partial charge in [0.2, 0.25) is 11.7 Å². The summed E-state index contributed by atoms with van der Waals surface area (Å²) in [5, 5.41) is 10.2. The van der Waals surface area contributed by atoms with Gasteiger partial charge in [0.15, 0.2) is 5.82 Å². The van der Waals surface area contributed by atoms with Crippen LogP contribution in [0.25, 0.3) is 11.4 Å². The zero-order valence-electron chi connectivity index (χ0n) is 21.9. The highest BCUT2D eigenvalue weighted by Crippen LogP contribution is 2.34. The number of hydrogen-bond donors (Lipinski definition) is 2. The lowest BCUT2D eigenvalue weighted by Crippen LogP contribution is -2.47. The van der Waals surface area contributed by atoms with Gasteiger partial charge in [0.05, 0.1) is 28.6 Å². The number of fused-ring (bicyclic) bond motifs is 1. The van der Waals surface area contributed by atoms with Crippen LogP contribution in [0.1, 0.15) is 36.8 Å². The summed E-state index contributed by atoms with van der Waals surface area (Å²) in [6, 6.07) is 2.74. The van der Waals surface area contributed by atoms with Crippen LogP contribution in [0.2, 0.25) is 5.02 Å². The van der Waals surface area contributed by atoms with Crippen LogP contribution >= 0.6 is 11.6 Å². The van der Waals surface area contributed by atoms with Crippen LogP contribution in [0.4, 0.5) is 24.5 Å². The number of carbonyl (C=O) groups excluding carboxylic acids is 1. The van der Waals surface area contributed by atoms with Crippen LogP contribution in [0, 0.1) is 0 Å². The Bertz CT molecular complexity index is 1510. The SMILES string of the molecule is CCc1c(N2CCNCC2)c(=O)n2nc(C3=CCCCOC3)nc2n1CC(=O)Nc1ccc(C(F)(F)F)cc1Cl. The summed E-state index contributed by atoms with van der Waals surface area (Å²) < 4.78 is 47.7. The first-order chi connectivity index (χ1) is 19.2. The number of carbonyl (C=O) groups is 1. The molecule has 3 aromatic rings. The van der Waals surface area contributed by atoms with Crippen LogP contribution in [-0.2, 0) is 28.7 Å². The first kappa shape index (κ1) is 28.1. The first-order valence-corrected chi connectivity index (χ1v) is 13.5. The number of rotatable bonds is 6. The number of hydrogen-bond acceptors (Lipinski definition) is 7. The third kappa shape index (κ3) is 5.72. The minimum atomic E-state index is -4.56. The number of amides is 1. The molecule has 10 nitrogen and oxygen atoms in total. The van der Waals surface area contributed by atoms with Gasteiger partial charge in [0.1, 0.15) is 12.2 Å². The molecule has 0 unspecified atom stereocenters. The van der Waals surface area contributed by atoms with Gasteiger partial charge < -0.3 is 24.8 Å². The average molecular weight is 580 g/mol. The van der Waals surface area contributed by atoms with Crippen molar-refractivity contribution in [1.29, 1.82) is 0 Å². The maximum absolute atomic E-state index is 13.8. The van der Waals surface area contributed by atoms with Crippen LogP contribution in [0.15, 0.2) is 29.1 Å². The number of nitrogens with zero attached hydrogens (tertiary/aromatic N) is 5. The van der Waals surface area contributed by atoms with Crippen molar-refractivity contribution in [2.75, 3.05) is 49.6 Å². The molecule has 4 heterocycles. The van der Waals surface area contributed by atoms with Crippen molar-refractivity contribution in [3.63, 3.8) is 0 Å². The van der Waals surface area contributed by atoms with Gasteiger partial charge in [-0.05, 0) is 37.5 Å². The largest absolute Gasteiger partial charge is 0.416 e. The molecule has 5 rings (SSSR count). The molecule has 1 aromatic carbocycles. The van der Waals surface area contributed by atoms with E-state index in [0.29, 0.717) is 63.0 Å². The molecule has 1 fully saturated rings. The van der Waals surface area contributed by atoms with Gasteiger partial charge in [-0.2, -0.15) is 22.7 Å². The molecule has 0 atom stereocenters. The number of halogens is 4. The van der Waals surface area contributed by atoms with Gasteiger partial charge in [-0.3, -0.25) is 9.59 Å². The van der Waals surface area contributed by atoms with Crippen molar-refractivity contribution in [1.82, 2.24) is 24.5 Å². The second-order valence-electron chi connectivity index (χ2n) is 9.59. The molecule has 2 aromatic heterocycles. The summed E-state index contributed by atoms with van der Waals surface area (Å²) in [7, 11) is 0. The van der Waals surface area contributed by atoms with E-state index in [0.717, 1.165) is 36.6 Å². The zero-order chi connectivity index (χ0) is 28.4. The fourth-order valence-corrected chi connectivity index (χ4v) is 5.17. The Kier molecular flexibility index (Phi) is 8.15. The van der Waals surface area contributed by atoms with Crippen LogP contribution in [0.5, 0.6) is 0 Å². The molecular formula is C26H29ClF3N7O3. The molecule has 0 spiro atoms. The van der Waals surface area contributed by atoms with Crippen molar-refractivity contribution < 1.29 is 22.7 Å². The maximum atomic E-state index is 13.8. The highest BCUT2D eigenvalue weighted by molar-refractivity contribution is 6.33. The monoisotopic (exact) mass is 579 g/mol. The standard InChI is InChI=1S/C26H29ClF3N7O3/c1-2-20-22(35-10-8-31-9-11-35)24(39)37-25(33-23(34-37)16-5-3-4-12-40-15-16)36(20)14-21(38)32-19-7-6-17(13-18(19)27)26(28,29)30/h5-7,13,31H,2-4,8-12,14-15H2,1H3,(H,32,38). The van der Waals surface area contributed by atoms with Crippen LogP contribution < -0.4 is 21.1 Å². The van der Waals surface area contributed by atoms with Gasteiger partial charge >= 0.3 is 6.18 Å². The molecule has 0 bridgehead atoms. The molecule has 2 aliphatic rings. The topological polar surface area (TPSA) is 106 Å². The van der Waals surface area contributed by atoms with E-state index in [9.17, 15) is 22.8 Å². The average Bonchev–Trinajstić information content (AvgIpc) is 3.19. The third-order valence-corrected chi connectivity index (χ3v) is 7.21. The summed E-state index contributed by atoms with van der Waals surface area (Å²) in [5.74, 6) is -0.0114. The highest BCUT2D eigenvalue weighted by atomic mass is 35.5. The molecule has 2 aliphatic heterocycles. The van der Waals surface area contributed by atoms with Crippen molar-refractivity contribution in [3.8, 4) is 0 Å². The molecule has 0 radical (unpaired) electrons. The van der Waals surface area contributed by atoms with E-state index < -0.39 is 17.6 Å². The Morgan fingerprint density at radius 2 is 2.02 bits per heavy atom. The third-order valence-electron chi connectivity index (χ3n) is 6.89. The highest BCUT2D eigenvalue weighted by Gasteiger charge is 2.31. The molecule has 0 saturated carbocycles. The normalized spacial score (nSPS) is 16.6. The predicted octanol–water partition coefficient (Wildman–Crippen LogP) is 3.37. The number of ether oxygens (including phenoxy) is 1. The van der Waals surface area contributed by atoms with E-state index in [-0.39, 0.29) is 28.6 Å². The predicted molar refractivity (Wildman–Crippen MR) is 145 cm³/mol. The Hall–Kier alpha value is -3.42. The quantitative estimate of drug-likeness (QED) is 0.461. The Balaban J connectivity index is 1.57. The second kappa shape index (κ2) is 11.6. The molecule has 40 heavy (non-hydrogen) atoms. The lowest BCUT2D eigenvalue weighted by molar-refractivity contribution is -0.137. The van der Waals surface area contributed by atoms with Crippen molar-refractivity contribution in [3.05, 3.63) is 56.7 Å². The molecule has 214 valence electrons. The number of nitrogens with one attached hydrogen (secondary N) is 2. The van der Waals surface area contributed by atoms with Crippen LogP contribution in [-0.4, -0.2) is 64.5 Å². The molecule has 1 amide bonds. The number of aromatic nitrogens is 4. The lowest BCUT2D eigenvalue weighted by atomic mass is 10.2. The Morgan fingerprint density at radius 1 is 1.25 bits per heavy atom. The summed E-state index contributed by atoms with van der Waals surface area (Å²) in [5.41, 5.74) is 0.608. The number of alkyl halides is 3. The lowest BCUT2D eigenvalue weighted by Gasteiger charge is -2.31. The Morgan fingerprint density at radius 3 is 2.73 bits per heavy atom. The van der Waals surface area contributed by atoms with Crippen molar-refractivity contribution >= 4 is 40.2 Å². The fraction of sp³-hybridized carbons (Fsp3) is 0.462.